The lowest BCUT2D eigenvalue weighted by Gasteiger charge is -2.28. The standard InChI is InChI=1S/C25H31N5O/c1-17(2)30(15-20-12-13-24(31)27-20)16-23-28-22-7-5-4-6-21(22)25(29-23)26-14-19-10-8-18(3)9-11-19/h4-11,17,20H,12-16H2,1-3H3,(H,27,31)(H,26,28,29). The second kappa shape index (κ2) is 9.43. The SMILES string of the molecule is Cc1ccc(CNc2nc(CN(CC3CCC(=O)N3)C(C)C)nc3ccccc23)cc1. The molecular weight excluding hydrogens is 386 g/mol. The summed E-state index contributed by atoms with van der Waals surface area (Å²) in [5.41, 5.74) is 3.41. The van der Waals surface area contributed by atoms with Crippen molar-refractivity contribution >= 4 is 22.6 Å². The molecule has 31 heavy (non-hydrogen) atoms. The van der Waals surface area contributed by atoms with Crippen molar-refractivity contribution in [1.82, 2.24) is 20.2 Å². The molecule has 1 aliphatic rings. The predicted molar refractivity (Wildman–Crippen MR) is 125 cm³/mol. The molecule has 0 radical (unpaired) electrons. The Morgan fingerprint density at radius 3 is 2.61 bits per heavy atom. The number of carbonyl (C=O) groups is 1. The van der Waals surface area contributed by atoms with E-state index in [0.29, 0.717) is 25.6 Å². The van der Waals surface area contributed by atoms with Crippen molar-refractivity contribution in [3.63, 3.8) is 0 Å². The van der Waals surface area contributed by atoms with Crippen molar-refractivity contribution in [2.75, 3.05) is 11.9 Å². The van der Waals surface area contributed by atoms with Gasteiger partial charge in [-0.2, -0.15) is 0 Å². The number of fused-ring (bicyclic) bond motifs is 1. The molecule has 1 unspecified atom stereocenters. The Morgan fingerprint density at radius 2 is 1.90 bits per heavy atom. The van der Waals surface area contributed by atoms with E-state index in [0.717, 1.165) is 35.5 Å². The molecule has 4 rings (SSSR count). The quantitative estimate of drug-likeness (QED) is 0.579. The average molecular weight is 418 g/mol. The number of hydrogen-bond acceptors (Lipinski definition) is 5. The fourth-order valence-electron chi connectivity index (χ4n) is 3.96. The molecule has 6 nitrogen and oxygen atoms in total. The van der Waals surface area contributed by atoms with E-state index in [1.807, 2.05) is 18.2 Å². The topological polar surface area (TPSA) is 70.2 Å². The highest BCUT2D eigenvalue weighted by Crippen LogP contribution is 2.22. The number of nitrogens with zero attached hydrogens (tertiary/aromatic N) is 3. The molecule has 0 saturated carbocycles. The molecule has 2 heterocycles. The van der Waals surface area contributed by atoms with Gasteiger partial charge in [0.15, 0.2) is 0 Å². The summed E-state index contributed by atoms with van der Waals surface area (Å²) in [6.45, 7) is 8.62. The van der Waals surface area contributed by atoms with Crippen LogP contribution in [0.5, 0.6) is 0 Å². The fraction of sp³-hybridized carbons (Fsp3) is 0.400. The Balaban J connectivity index is 1.55. The molecule has 6 heteroatoms. The van der Waals surface area contributed by atoms with Crippen molar-refractivity contribution in [2.45, 2.75) is 58.8 Å². The number of aromatic nitrogens is 2. The van der Waals surface area contributed by atoms with Crippen LogP contribution in [0, 0.1) is 6.92 Å². The number of amides is 1. The van der Waals surface area contributed by atoms with Gasteiger partial charge in [-0.05, 0) is 44.9 Å². The number of para-hydroxylation sites is 1. The van der Waals surface area contributed by atoms with Crippen LogP contribution in [0.25, 0.3) is 10.9 Å². The van der Waals surface area contributed by atoms with Gasteiger partial charge in [-0.3, -0.25) is 9.69 Å². The van der Waals surface area contributed by atoms with Gasteiger partial charge in [0.1, 0.15) is 11.6 Å². The van der Waals surface area contributed by atoms with Gasteiger partial charge >= 0.3 is 0 Å². The highest BCUT2D eigenvalue weighted by atomic mass is 16.1. The van der Waals surface area contributed by atoms with Crippen LogP contribution in [0.2, 0.25) is 0 Å². The zero-order valence-electron chi connectivity index (χ0n) is 18.6. The Hall–Kier alpha value is -2.99. The smallest absolute Gasteiger partial charge is 0.220 e. The van der Waals surface area contributed by atoms with Crippen molar-refractivity contribution in [2.24, 2.45) is 0 Å². The van der Waals surface area contributed by atoms with Crippen LogP contribution in [0.1, 0.15) is 43.6 Å². The first-order valence-corrected chi connectivity index (χ1v) is 11.1. The van der Waals surface area contributed by atoms with Gasteiger partial charge in [0, 0.05) is 37.0 Å². The maximum Gasteiger partial charge on any atom is 0.220 e. The number of aryl methyl sites for hydroxylation is 1. The van der Waals surface area contributed by atoms with E-state index in [4.69, 9.17) is 9.97 Å². The van der Waals surface area contributed by atoms with Crippen LogP contribution in [0.3, 0.4) is 0 Å². The number of carbonyl (C=O) groups excluding carboxylic acids is 1. The second-order valence-electron chi connectivity index (χ2n) is 8.67. The lowest BCUT2D eigenvalue weighted by atomic mass is 10.1. The summed E-state index contributed by atoms with van der Waals surface area (Å²) in [7, 11) is 0. The molecule has 0 bridgehead atoms. The minimum atomic E-state index is 0.151. The summed E-state index contributed by atoms with van der Waals surface area (Å²) in [5, 5.41) is 7.62. The Labute approximate surface area is 184 Å². The minimum Gasteiger partial charge on any atom is -0.365 e. The Kier molecular flexibility index (Phi) is 6.47. The molecule has 3 aromatic rings. The van der Waals surface area contributed by atoms with Gasteiger partial charge in [-0.15, -0.1) is 0 Å². The van der Waals surface area contributed by atoms with Crippen molar-refractivity contribution in [3.05, 3.63) is 65.5 Å². The number of benzene rings is 2. The van der Waals surface area contributed by atoms with Gasteiger partial charge in [-0.25, -0.2) is 9.97 Å². The second-order valence-corrected chi connectivity index (χ2v) is 8.67. The summed E-state index contributed by atoms with van der Waals surface area (Å²) in [6.07, 6.45) is 1.51. The molecule has 0 spiro atoms. The molecule has 1 aromatic heterocycles. The van der Waals surface area contributed by atoms with E-state index in [2.05, 4.69) is 66.6 Å². The summed E-state index contributed by atoms with van der Waals surface area (Å²) < 4.78 is 0. The summed E-state index contributed by atoms with van der Waals surface area (Å²) in [4.78, 5) is 23.7. The number of rotatable bonds is 8. The van der Waals surface area contributed by atoms with Crippen LogP contribution in [0.4, 0.5) is 5.82 Å². The van der Waals surface area contributed by atoms with Crippen molar-refractivity contribution in [3.8, 4) is 0 Å². The van der Waals surface area contributed by atoms with Crippen LogP contribution in [-0.4, -0.2) is 39.4 Å². The van der Waals surface area contributed by atoms with E-state index in [-0.39, 0.29) is 11.9 Å². The fourth-order valence-corrected chi connectivity index (χ4v) is 3.96. The first-order chi connectivity index (χ1) is 15.0. The van der Waals surface area contributed by atoms with Crippen LogP contribution in [-0.2, 0) is 17.9 Å². The van der Waals surface area contributed by atoms with E-state index < -0.39 is 0 Å². The van der Waals surface area contributed by atoms with Crippen molar-refractivity contribution < 1.29 is 4.79 Å². The summed E-state index contributed by atoms with van der Waals surface area (Å²) >= 11 is 0. The van der Waals surface area contributed by atoms with Crippen LogP contribution in [0.15, 0.2) is 48.5 Å². The van der Waals surface area contributed by atoms with Gasteiger partial charge in [-0.1, -0.05) is 42.0 Å². The normalized spacial score (nSPS) is 16.3. The molecular formula is C25H31N5O. The van der Waals surface area contributed by atoms with Gasteiger partial charge in [0.25, 0.3) is 0 Å². The monoisotopic (exact) mass is 417 g/mol. The number of hydrogen-bond donors (Lipinski definition) is 2. The summed E-state index contributed by atoms with van der Waals surface area (Å²) in [6, 6.07) is 17.2. The van der Waals surface area contributed by atoms with Gasteiger partial charge in [0.05, 0.1) is 12.1 Å². The molecule has 1 aliphatic heterocycles. The first kappa shape index (κ1) is 21.2. The zero-order chi connectivity index (χ0) is 21.8. The molecule has 2 aromatic carbocycles. The highest BCUT2D eigenvalue weighted by molar-refractivity contribution is 5.89. The molecule has 1 saturated heterocycles. The maximum absolute atomic E-state index is 11.6. The van der Waals surface area contributed by atoms with E-state index >= 15 is 0 Å². The molecule has 1 fully saturated rings. The Morgan fingerprint density at radius 1 is 1.13 bits per heavy atom. The zero-order valence-corrected chi connectivity index (χ0v) is 18.6. The number of anilines is 1. The Bertz CT molecular complexity index is 1050. The predicted octanol–water partition coefficient (Wildman–Crippen LogP) is 4.04. The van der Waals surface area contributed by atoms with Crippen molar-refractivity contribution in [1.29, 1.82) is 0 Å². The molecule has 162 valence electrons. The highest BCUT2D eigenvalue weighted by Gasteiger charge is 2.25. The van der Waals surface area contributed by atoms with Crippen LogP contribution < -0.4 is 10.6 Å². The van der Waals surface area contributed by atoms with E-state index in [1.165, 1.54) is 11.1 Å². The van der Waals surface area contributed by atoms with E-state index in [9.17, 15) is 4.79 Å². The molecule has 1 amide bonds. The third-order valence-electron chi connectivity index (χ3n) is 5.84. The lowest BCUT2D eigenvalue weighted by molar-refractivity contribution is -0.119. The number of nitrogens with one attached hydrogen (secondary N) is 2. The summed E-state index contributed by atoms with van der Waals surface area (Å²) in [5.74, 6) is 1.81. The van der Waals surface area contributed by atoms with Gasteiger partial charge < -0.3 is 10.6 Å². The van der Waals surface area contributed by atoms with Gasteiger partial charge in [0.2, 0.25) is 5.91 Å². The maximum atomic E-state index is 11.6. The lowest BCUT2D eigenvalue weighted by Crippen LogP contribution is -2.42. The molecule has 2 N–H and O–H groups in total. The minimum absolute atomic E-state index is 0.151. The van der Waals surface area contributed by atoms with Crippen LogP contribution >= 0.6 is 0 Å². The molecule has 1 atom stereocenters. The van der Waals surface area contributed by atoms with E-state index in [1.54, 1.807) is 0 Å². The molecule has 0 aliphatic carbocycles. The third-order valence-corrected chi connectivity index (χ3v) is 5.84. The first-order valence-electron chi connectivity index (χ1n) is 11.1. The third kappa shape index (κ3) is 5.39. The largest absolute Gasteiger partial charge is 0.365 e. The average Bonchev–Trinajstić information content (AvgIpc) is 3.17.